The smallest absolute Gasteiger partial charge is 0.330 e. The van der Waals surface area contributed by atoms with E-state index in [9.17, 15) is 4.79 Å². The lowest BCUT2D eigenvalue weighted by molar-refractivity contribution is 0.0854. The van der Waals surface area contributed by atoms with Crippen molar-refractivity contribution in [3.63, 3.8) is 0 Å². The molecule has 1 aromatic heterocycles. The molecule has 3 aromatic rings. The van der Waals surface area contributed by atoms with Gasteiger partial charge in [-0.05, 0) is 62.1 Å². The number of fused-ring (bicyclic) bond motifs is 1. The summed E-state index contributed by atoms with van der Waals surface area (Å²) >= 11 is 0. The van der Waals surface area contributed by atoms with Gasteiger partial charge in [0.15, 0.2) is 0 Å². The minimum absolute atomic E-state index is 0.0244. The Bertz CT molecular complexity index is 1150. The summed E-state index contributed by atoms with van der Waals surface area (Å²) in [6.07, 6.45) is 3.37. The normalized spacial score (nSPS) is 16.6. The second-order valence-corrected chi connectivity index (χ2v) is 8.61. The molecule has 0 spiro atoms. The number of aryl methyl sites for hydroxylation is 2. The van der Waals surface area contributed by atoms with Crippen molar-refractivity contribution in [2.75, 3.05) is 34.1 Å². The third-order valence-corrected chi connectivity index (χ3v) is 6.27. The summed E-state index contributed by atoms with van der Waals surface area (Å²) < 4.78 is 5.57. The molecule has 1 fully saturated rings. The number of amides is 2. The van der Waals surface area contributed by atoms with E-state index in [2.05, 4.69) is 10.3 Å². The Balaban J connectivity index is 1.55. The molecule has 2 aliphatic heterocycles. The number of urea groups is 1. The first-order chi connectivity index (χ1) is 16.0. The highest BCUT2D eigenvalue weighted by molar-refractivity contribution is 6.06. The lowest BCUT2D eigenvalue weighted by Crippen LogP contribution is -2.54. The summed E-state index contributed by atoms with van der Waals surface area (Å²) in [6, 6.07) is 13.5. The summed E-state index contributed by atoms with van der Waals surface area (Å²) in [5.41, 5.74) is 11.3. The molecule has 0 atom stereocenters. The number of nitrogens with one attached hydrogen (secondary N) is 1. The van der Waals surface area contributed by atoms with Gasteiger partial charge in [-0.2, -0.15) is 4.98 Å². The minimum Gasteiger partial charge on any atom is -0.399 e. The number of nitrogen functional groups attached to an aromatic ring is 1. The van der Waals surface area contributed by atoms with Crippen LogP contribution < -0.4 is 20.9 Å². The monoisotopic (exact) mass is 444 g/mol. The fourth-order valence-electron chi connectivity index (χ4n) is 4.61. The highest BCUT2D eigenvalue weighted by Crippen LogP contribution is 2.36. The first kappa shape index (κ1) is 21.2. The maximum absolute atomic E-state index is 13.9. The Hall–Kier alpha value is -3.65. The fourth-order valence-corrected chi connectivity index (χ4v) is 4.61. The van der Waals surface area contributed by atoms with Crippen molar-refractivity contribution in [3.8, 4) is 0 Å². The second kappa shape index (κ2) is 8.71. The van der Waals surface area contributed by atoms with E-state index in [1.807, 2.05) is 72.3 Å². The van der Waals surface area contributed by atoms with E-state index in [0.29, 0.717) is 37.2 Å². The molecular weight excluding hydrogens is 416 g/mol. The average molecular weight is 445 g/mol. The summed E-state index contributed by atoms with van der Waals surface area (Å²) in [7, 11) is 0. The van der Waals surface area contributed by atoms with Crippen LogP contribution in [0.15, 0.2) is 48.7 Å². The number of carbonyl (C=O) groups excluding carboxylic acids is 1. The van der Waals surface area contributed by atoms with E-state index in [4.69, 9.17) is 15.5 Å². The van der Waals surface area contributed by atoms with Crippen LogP contribution in [-0.4, -0.2) is 35.3 Å². The number of para-hydroxylation sites is 1. The van der Waals surface area contributed by atoms with Crippen LogP contribution in [0, 0.1) is 13.8 Å². The Morgan fingerprint density at radius 1 is 1.06 bits per heavy atom. The van der Waals surface area contributed by atoms with E-state index in [0.717, 1.165) is 40.9 Å². The number of benzene rings is 2. The van der Waals surface area contributed by atoms with Gasteiger partial charge in [0.05, 0.1) is 12.2 Å². The largest absolute Gasteiger partial charge is 0.399 e. The molecule has 0 radical (unpaired) electrons. The molecule has 1 saturated heterocycles. The topological polar surface area (TPSA) is 96.6 Å². The van der Waals surface area contributed by atoms with Gasteiger partial charge in [0.25, 0.3) is 0 Å². The molecule has 3 heterocycles. The van der Waals surface area contributed by atoms with Gasteiger partial charge in [0.2, 0.25) is 5.95 Å². The Labute approximate surface area is 193 Å². The third kappa shape index (κ3) is 4.09. The van der Waals surface area contributed by atoms with Gasteiger partial charge in [-0.15, -0.1) is 0 Å². The maximum atomic E-state index is 13.9. The van der Waals surface area contributed by atoms with Crippen LogP contribution in [0.3, 0.4) is 0 Å². The third-order valence-electron chi connectivity index (χ3n) is 6.27. The summed E-state index contributed by atoms with van der Waals surface area (Å²) in [6.45, 7) is 5.78. The molecule has 8 heteroatoms. The average Bonchev–Trinajstić information content (AvgIpc) is 2.81. The molecule has 33 heavy (non-hydrogen) atoms. The Morgan fingerprint density at radius 2 is 1.76 bits per heavy atom. The second-order valence-electron chi connectivity index (χ2n) is 8.61. The zero-order valence-electron chi connectivity index (χ0n) is 18.9. The number of aromatic nitrogens is 2. The minimum atomic E-state index is -0.0519. The maximum Gasteiger partial charge on any atom is 0.330 e. The van der Waals surface area contributed by atoms with Gasteiger partial charge < -0.3 is 15.8 Å². The lowest BCUT2D eigenvalue weighted by Gasteiger charge is -2.42. The quantitative estimate of drug-likeness (QED) is 0.573. The van der Waals surface area contributed by atoms with Crippen molar-refractivity contribution in [1.29, 1.82) is 0 Å². The number of rotatable bonds is 4. The first-order valence-corrected chi connectivity index (χ1v) is 11.2. The molecule has 0 bridgehead atoms. The number of carbonyl (C=O) groups is 1. The van der Waals surface area contributed by atoms with Crippen LogP contribution >= 0.6 is 0 Å². The van der Waals surface area contributed by atoms with Crippen molar-refractivity contribution in [3.05, 3.63) is 65.4 Å². The predicted octanol–water partition coefficient (Wildman–Crippen LogP) is 4.54. The van der Waals surface area contributed by atoms with E-state index in [-0.39, 0.29) is 12.1 Å². The summed E-state index contributed by atoms with van der Waals surface area (Å²) in [5.74, 6) is 1.12. The number of hydrogen-bond acceptors (Lipinski definition) is 6. The molecule has 0 unspecified atom stereocenters. The zero-order chi connectivity index (χ0) is 22.9. The van der Waals surface area contributed by atoms with Gasteiger partial charge in [-0.3, -0.25) is 9.80 Å². The van der Waals surface area contributed by atoms with Crippen molar-refractivity contribution in [2.24, 2.45) is 0 Å². The number of ether oxygens (including phenoxy) is 1. The van der Waals surface area contributed by atoms with E-state index in [1.54, 1.807) is 0 Å². The van der Waals surface area contributed by atoms with Crippen molar-refractivity contribution < 1.29 is 9.53 Å². The molecule has 2 aliphatic rings. The van der Waals surface area contributed by atoms with Gasteiger partial charge in [-0.1, -0.05) is 18.2 Å². The molecule has 0 aliphatic carbocycles. The molecule has 5 rings (SSSR count). The standard InChI is InChI=1S/C25H28N6O2/c1-16-4-3-5-17(2)22(16)30-15-18-14-27-24(28-20-8-6-19(26)7-9-20)29-23(18)31(25(30)32)21-10-12-33-13-11-21/h3-9,14,21H,10-13,15,26H2,1-2H3,(H,27,28,29). The number of nitrogens with zero attached hydrogens (tertiary/aromatic N) is 4. The predicted molar refractivity (Wildman–Crippen MR) is 130 cm³/mol. The first-order valence-electron chi connectivity index (χ1n) is 11.2. The highest BCUT2D eigenvalue weighted by atomic mass is 16.5. The molecule has 0 saturated carbocycles. The summed E-state index contributed by atoms with van der Waals surface area (Å²) in [4.78, 5) is 27.0. The SMILES string of the molecule is Cc1cccc(C)c1N1Cc2cnc(Nc3ccc(N)cc3)nc2N(C2CCOCC2)C1=O. The van der Waals surface area contributed by atoms with Crippen LogP contribution in [-0.2, 0) is 11.3 Å². The molecule has 2 aromatic carbocycles. The fraction of sp³-hybridized carbons (Fsp3) is 0.320. The van der Waals surface area contributed by atoms with Crippen LogP contribution in [0.25, 0.3) is 0 Å². The molecular formula is C25H28N6O2. The van der Waals surface area contributed by atoms with E-state index < -0.39 is 0 Å². The van der Waals surface area contributed by atoms with E-state index >= 15 is 0 Å². The highest BCUT2D eigenvalue weighted by Gasteiger charge is 2.38. The Kier molecular flexibility index (Phi) is 5.60. The van der Waals surface area contributed by atoms with Crippen molar-refractivity contribution in [1.82, 2.24) is 9.97 Å². The zero-order valence-corrected chi connectivity index (χ0v) is 18.9. The van der Waals surface area contributed by atoms with E-state index in [1.165, 1.54) is 0 Å². The number of hydrogen-bond donors (Lipinski definition) is 2. The molecule has 170 valence electrons. The van der Waals surface area contributed by atoms with Crippen LogP contribution in [0.1, 0.15) is 29.5 Å². The lowest BCUT2D eigenvalue weighted by atomic mass is 10.0. The van der Waals surface area contributed by atoms with Crippen LogP contribution in [0.2, 0.25) is 0 Å². The van der Waals surface area contributed by atoms with Gasteiger partial charge in [0, 0.05) is 42.4 Å². The van der Waals surface area contributed by atoms with Gasteiger partial charge in [0.1, 0.15) is 5.82 Å². The summed E-state index contributed by atoms with van der Waals surface area (Å²) in [5, 5.41) is 3.23. The molecule has 8 nitrogen and oxygen atoms in total. The van der Waals surface area contributed by atoms with Crippen LogP contribution in [0.4, 0.5) is 33.6 Å². The molecule has 2 amide bonds. The van der Waals surface area contributed by atoms with Crippen LogP contribution in [0.5, 0.6) is 0 Å². The van der Waals surface area contributed by atoms with Gasteiger partial charge >= 0.3 is 6.03 Å². The number of nitrogens with two attached hydrogens (primary N) is 1. The van der Waals surface area contributed by atoms with Gasteiger partial charge in [-0.25, -0.2) is 9.78 Å². The number of anilines is 5. The van der Waals surface area contributed by atoms with Crippen molar-refractivity contribution in [2.45, 2.75) is 39.3 Å². The van der Waals surface area contributed by atoms with Crippen molar-refractivity contribution >= 4 is 34.9 Å². The molecule has 3 N–H and O–H groups in total. The Morgan fingerprint density at radius 3 is 2.45 bits per heavy atom.